The Bertz CT molecular complexity index is 1130. The van der Waals surface area contributed by atoms with Gasteiger partial charge < -0.3 is 15.2 Å². The van der Waals surface area contributed by atoms with Crippen LogP contribution in [-0.2, 0) is 6.54 Å². The summed E-state index contributed by atoms with van der Waals surface area (Å²) in [5.74, 6) is 0.321. The first-order valence-electron chi connectivity index (χ1n) is 9.55. The number of nitrogens with zero attached hydrogens (tertiary/aromatic N) is 4. The SMILES string of the molecule is O=C(Nc1cc(N2CCN(Cc3ccccc3)CC2)ncn1)c1c[nH]c(=O)[nH]c1=O. The third-order valence-electron chi connectivity index (χ3n) is 4.90. The van der Waals surface area contributed by atoms with E-state index in [4.69, 9.17) is 0 Å². The number of H-pyrrole nitrogens is 2. The number of aromatic nitrogens is 4. The summed E-state index contributed by atoms with van der Waals surface area (Å²) in [6, 6.07) is 12.0. The van der Waals surface area contributed by atoms with E-state index in [0.717, 1.165) is 38.9 Å². The molecule has 2 aromatic heterocycles. The summed E-state index contributed by atoms with van der Waals surface area (Å²) in [4.78, 5) is 52.4. The molecular formula is C20H21N7O3. The van der Waals surface area contributed by atoms with E-state index in [9.17, 15) is 14.4 Å². The summed E-state index contributed by atoms with van der Waals surface area (Å²) in [6.07, 6.45) is 2.45. The molecule has 1 amide bonds. The fourth-order valence-electron chi connectivity index (χ4n) is 3.33. The second-order valence-electron chi connectivity index (χ2n) is 6.95. The van der Waals surface area contributed by atoms with Gasteiger partial charge in [0.05, 0.1) is 0 Å². The summed E-state index contributed by atoms with van der Waals surface area (Å²) in [6.45, 7) is 4.31. The van der Waals surface area contributed by atoms with Gasteiger partial charge >= 0.3 is 5.69 Å². The highest BCUT2D eigenvalue weighted by molar-refractivity contribution is 6.03. The van der Waals surface area contributed by atoms with Crippen LogP contribution in [0.15, 0.2) is 58.5 Å². The summed E-state index contributed by atoms with van der Waals surface area (Å²) >= 11 is 0. The Morgan fingerprint density at radius 2 is 1.83 bits per heavy atom. The lowest BCUT2D eigenvalue weighted by Crippen LogP contribution is -2.46. The lowest BCUT2D eigenvalue weighted by atomic mass is 10.2. The topological polar surface area (TPSA) is 127 Å². The van der Waals surface area contributed by atoms with Crippen LogP contribution in [0.3, 0.4) is 0 Å². The first-order chi connectivity index (χ1) is 14.6. The number of carbonyl (C=O) groups excluding carboxylic acids is 1. The molecule has 10 heteroatoms. The van der Waals surface area contributed by atoms with E-state index in [1.807, 2.05) is 23.2 Å². The minimum Gasteiger partial charge on any atom is -0.354 e. The largest absolute Gasteiger partial charge is 0.354 e. The number of piperazine rings is 1. The molecule has 0 spiro atoms. The molecule has 1 saturated heterocycles. The van der Waals surface area contributed by atoms with Gasteiger partial charge in [-0.15, -0.1) is 0 Å². The third kappa shape index (κ3) is 4.61. The van der Waals surface area contributed by atoms with Gasteiger partial charge in [-0.05, 0) is 5.56 Å². The standard InChI is InChI=1S/C20H21N7O3/c28-18(15-11-21-20(30)25-19(15)29)24-16-10-17(23-13-22-16)27-8-6-26(7-9-27)12-14-4-2-1-3-5-14/h1-5,10-11,13H,6-9,12H2,(H2,21,25,29,30)(H,22,23,24,28). The number of hydrogen-bond donors (Lipinski definition) is 3. The average Bonchev–Trinajstić information content (AvgIpc) is 2.75. The fourth-order valence-corrected chi connectivity index (χ4v) is 3.33. The van der Waals surface area contributed by atoms with Gasteiger partial charge in [-0.25, -0.2) is 14.8 Å². The predicted octanol–water partition coefficient (Wildman–Crippen LogP) is 0.428. The Morgan fingerprint density at radius 3 is 2.57 bits per heavy atom. The van der Waals surface area contributed by atoms with Crippen LogP contribution in [0.5, 0.6) is 0 Å². The number of carbonyl (C=O) groups is 1. The summed E-state index contributed by atoms with van der Waals surface area (Å²) in [5, 5.41) is 2.57. The zero-order chi connectivity index (χ0) is 20.9. The van der Waals surface area contributed by atoms with Crippen LogP contribution >= 0.6 is 0 Å². The van der Waals surface area contributed by atoms with Crippen LogP contribution in [0.4, 0.5) is 11.6 Å². The number of rotatable bonds is 5. The van der Waals surface area contributed by atoms with Crippen molar-refractivity contribution in [2.75, 3.05) is 36.4 Å². The number of amides is 1. The Labute approximate surface area is 171 Å². The van der Waals surface area contributed by atoms with Gasteiger partial charge in [-0.1, -0.05) is 30.3 Å². The van der Waals surface area contributed by atoms with Crippen molar-refractivity contribution < 1.29 is 4.79 Å². The summed E-state index contributed by atoms with van der Waals surface area (Å²) in [7, 11) is 0. The molecule has 3 aromatic rings. The van der Waals surface area contributed by atoms with Crippen LogP contribution < -0.4 is 21.5 Å². The highest BCUT2D eigenvalue weighted by atomic mass is 16.2. The molecule has 10 nitrogen and oxygen atoms in total. The van der Waals surface area contributed by atoms with Crippen molar-refractivity contribution in [3.8, 4) is 0 Å². The zero-order valence-electron chi connectivity index (χ0n) is 16.2. The summed E-state index contributed by atoms with van der Waals surface area (Å²) < 4.78 is 0. The first-order valence-corrected chi connectivity index (χ1v) is 9.55. The van der Waals surface area contributed by atoms with Gasteiger partial charge in [0.15, 0.2) is 0 Å². The fraction of sp³-hybridized carbons (Fsp3) is 0.250. The predicted molar refractivity (Wildman–Crippen MR) is 112 cm³/mol. The van der Waals surface area contributed by atoms with Crippen LogP contribution in [0.1, 0.15) is 15.9 Å². The molecule has 4 rings (SSSR count). The second kappa shape index (κ2) is 8.70. The van der Waals surface area contributed by atoms with Crippen molar-refractivity contribution in [3.63, 3.8) is 0 Å². The number of benzene rings is 1. The highest BCUT2D eigenvalue weighted by Gasteiger charge is 2.19. The Morgan fingerprint density at radius 1 is 1.07 bits per heavy atom. The summed E-state index contributed by atoms with van der Waals surface area (Å²) in [5.41, 5.74) is -0.355. The lowest BCUT2D eigenvalue weighted by molar-refractivity contribution is 0.102. The molecule has 3 heterocycles. The minimum absolute atomic E-state index is 0.204. The van der Waals surface area contributed by atoms with Gasteiger partial charge in [0.1, 0.15) is 23.5 Å². The van der Waals surface area contributed by atoms with Crippen molar-refractivity contribution >= 4 is 17.5 Å². The van der Waals surface area contributed by atoms with Gasteiger partial charge in [-0.3, -0.25) is 19.5 Å². The van der Waals surface area contributed by atoms with Crippen LogP contribution in [-0.4, -0.2) is 56.9 Å². The van der Waals surface area contributed by atoms with Crippen molar-refractivity contribution in [3.05, 3.63) is 80.9 Å². The lowest BCUT2D eigenvalue weighted by Gasteiger charge is -2.35. The molecule has 0 atom stereocenters. The molecule has 0 unspecified atom stereocenters. The molecule has 0 radical (unpaired) electrons. The van der Waals surface area contributed by atoms with Crippen LogP contribution in [0, 0.1) is 0 Å². The van der Waals surface area contributed by atoms with Crippen LogP contribution in [0.2, 0.25) is 0 Å². The smallest absolute Gasteiger partial charge is 0.325 e. The Balaban J connectivity index is 1.38. The Kier molecular flexibility index (Phi) is 5.66. The molecule has 1 aliphatic rings. The molecule has 0 bridgehead atoms. The van der Waals surface area contributed by atoms with Crippen LogP contribution in [0.25, 0.3) is 0 Å². The molecule has 1 aliphatic heterocycles. The van der Waals surface area contributed by atoms with E-state index in [1.54, 1.807) is 6.07 Å². The molecule has 3 N–H and O–H groups in total. The van der Waals surface area contributed by atoms with E-state index in [1.165, 1.54) is 11.9 Å². The average molecular weight is 407 g/mol. The minimum atomic E-state index is -0.764. The molecule has 1 aromatic carbocycles. The van der Waals surface area contributed by atoms with Gasteiger partial charge in [0.25, 0.3) is 11.5 Å². The number of anilines is 2. The van der Waals surface area contributed by atoms with Gasteiger partial charge in [0.2, 0.25) is 0 Å². The van der Waals surface area contributed by atoms with E-state index >= 15 is 0 Å². The third-order valence-corrected chi connectivity index (χ3v) is 4.90. The van der Waals surface area contributed by atoms with E-state index in [2.05, 4.69) is 42.2 Å². The molecule has 0 aliphatic carbocycles. The molecule has 0 saturated carbocycles. The zero-order valence-corrected chi connectivity index (χ0v) is 16.2. The quantitative estimate of drug-likeness (QED) is 0.560. The van der Waals surface area contributed by atoms with E-state index < -0.39 is 17.2 Å². The number of nitrogens with one attached hydrogen (secondary N) is 3. The van der Waals surface area contributed by atoms with Crippen molar-refractivity contribution in [2.24, 2.45) is 0 Å². The molecule has 1 fully saturated rings. The second-order valence-corrected chi connectivity index (χ2v) is 6.95. The maximum atomic E-state index is 12.3. The van der Waals surface area contributed by atoms with Crippen molar-refractivity contribution in [2.45, 2.75) is 6.54 Å². The van der Waals surface area contributed by atoms with E-state index in [0.29, 0.717) is 5.82 Å². The molecular weight excluding hydrogens is 386 g/mol. The molecule has 154 valence electrons. The first kappa shape index (κ1) is 19.5. The Hall–Kier alpha value is -3.79. The number of hydrogen-bond acceptors (Lipinski definition) is 7. The monoisotopic (exact) mass is 407 g/mol. The van der Waals surface area contributed by atoms with Gasteiger partial charge in [0, 0.05) is 45.0 Å². The van der Waals surface area contributed by atoms with Gasteiger partial charge in [-0.2, -0.15) is 0 Å². The molecule has 30 heavy (non-hydrogen) atoms. The maximum Gasteiger partial charge on any atom is 0.325 e. The van der Waals surface area contributed by atoms with E-state index in [-0.39, 0.29) is 11.4 Å². The highest BCUT2D eigenvalue weighted by Crippen LogP contribution is 2.17. The maximum absolute atomic E-state index is 12.3. The normalized spacial score (nSPS) is 14.5. The van der Waals surface area contributed by atoms with Crippen molar-refractivity contribution in [1.29, 1.82) is 0 Å². The number of aromatic amines is 2. The van der Waals surface area contributed by atoms with Crippen molar-refractivity contribution in [1.82, 2.24) is 24.8 Å².